The quantitative estimate of drug-likeness (QED) is 0.160. The lowest BCUT2D eigenvalue weighted by atomic mass is 10.1. The number of aromatic nitrogens is 1. The molecule has 0 bridgehead atoms. The van der Waals surface area contributed by atoms with Crippen LogP contribution in [0.25, 0.3) is 21.0 Å². The van der Waals surface area contributed by atoms with Crippen LogP contribution in [0, 0.1) is 0 Å². The van der Waals surface area contributed by atoms with Gasteiger partial charge in [-0.05, 0) is 46.2 Å². The highest BCUT2D eigenvalue weighted by atomic mass is 32.2. The summed E-state index contributed by atoms with van der Waals surface area (Å²) in [6.45, 7) is 0.474. The second-order valence-electron chi connectivity index (χ2n) is 7.53. The average Bonchev–Trinajstić information content (AvgIpc) is 3.30. The molecule has 0 atom stereocenters. The van der Waals surface area contributed by atoms with Crippen LogP contribution in [-0.4, -0.2) is 22.9 Å². The third-order valence-electron chi connectivity index (χ3n) is 5.14. The predicted octanol–water partition coefficient (Wildman–Crippen LogP) is 6.27. The van der Waals surface area contributed by atoms with Crippen molar-refractivity contribution >= 4 is 56.2 Å². The number of ether oxygens (including phenoxy) is 1. The molecule has 0 unspecified atom stereocenters. The molecule has 0 radical (unpaired) electrons. The maximum atomic E-state index is 12.2. The van der Waals surface area contributed by atoms with Crippen LogP contribution in [0.1, 0.15) is 11.1 Å². The van der Waals surface area contributed by atoms with Gasteiger partial charge in [-0.2, -0.15) is 5.10 Å². The first-order valence-electron chi connectivity index (χ1n) is 10.7. The van der Waals surface area contributed by atoms with Gasteiger partial charge in [0.1, 0.15) is 12.4 Å². The minimum atomic E-state index is -0.177. The Morgan fingerprint density at radius 3 is 2.76 bits per heavy atom. The number of benzene rings is 4. The van der Waals surface area contributed by atoms with Crippen LogP contribution in [0.3, 0.4) is 0 Å². The van der Waals surface area contributed by atoms with Crippen molar-refractivity contribution in [1.82, 2.24) is 10.4 Å². The third kappa shape index (κ3) is 5.44. The van der Waals surface area contributed by atoms with Crippen molar-refractivity contribution in [2.24, 2.45) is 5.10 Å². The molecule has 0 saturated heterocycles. The molecule has 0 spiro atoms. The molecular weight excluding hydrogens is 462 g/mol. The fourth-order valence-corrected chi connectivity index (χ4v) is 5.38. The van der Waals surface area contributed by atoms with Crippen LogP contribution in [0.15, 0.2) is 100 Å². The summed E-state index contributed by atoms with van der Waals surface area (Å²) < 4.78 is 8.01. The van der Waals surface area contributed by atoms with E-state index in [-0.39, 0.29) is 11.7 Å². The Kier molecular flexibility index (Phi) is 6.84. The van der Waals surface area contributed by atoms with E-state index in [9.17, 15) is 4.79 Å². The van der Waals surface area contributed by atoms with Crippen LogP contribution in [0.4, 0.5) is 0 Å². The molecule has 34 heavy (non-hydrogen) atoms. The number of nitrogens with zero attached hydrogens (tertiary/aromatic N) is 2. The Labute approximate surface area is 205 Å². The number of carbonyl (C=O) groups excluding carboxylic acids is 1. The van der Waals surface area contributed by atoms with Crippen LogP contribution in [-0.2, 0) is 11.4 Å². The number of hydrogen-bond donors (Lipinski definition) is 1. The van der Waals surface area contributed by atoms with Gasteiger partial charge in [-0.15, -0.1) is 11.3 Å². The summed E-state index contributed by atoms with van der Waals surface area (Å²) >= 11 is 2.99. The summed E-state index contributed by atoms with van der Waals surface area (Å²) in [4.78, 5) is 16.7. The van der Waals surface area contributed by atoms with Crippen molar-refractivity contribution in [3.05, 3.63) is 102 Å². The summed E-state index contributed by atoms with van der Waals surface area (Å²) in [6, 6.07) is 30.1. The Morgan fingerprint density at radius 2 is 1.82 bits per heavy atom. The van der Waals surface area contributed by atoms with E-state index in [2.05, 4.69) is 39.8 Å². The number of para-hydroxylation sites is 1. The molecular formula is C27H21N3O2S2. The second-order valence-corrected chi connectivity index (χ2v) is 9.78. The second kappa shape index (κ2) is 10.5. The van der Waals surface area contributed by atoms with Gasteiger partial charge in [0.05, 0.1) is 22.2 Å². The molecule has 1 aromatic heterocycles. The minimum absolute atomic E-state index is 0.177. The van der Waals surface area contributed by atoms with Gasteiger partial charge in [0.15, 0.2) is 4.34 Å². The van der Waals surface area contributed by atoms with E-state index in [0.29, 0.717) is 6.61 Å². The standard InChI is InChI=1S/C27H21N3O2S2/c31-26(18-33-27-29-24-13-3-4-14-25(24)34-27)30-28-16-19-7-5-11-22(15-19)32-17-21-10-6-9-20-8-1-2-12-23(20)21/h1-16H,17-18H2,(H,30,31)/b28-16-. The van der Waals surface area contributed by atoms with Crippen molar-refractivity contribution in [3.63, 3.8) is 0 Å². The van der Waals surface area contributed by atoms with Crippen LogP contribution in [0.2, 0.25) is 0 Å². The van der Waals surface area contributed by atoms with Gasteiger partial charge in [0, 0.05) is 0 Å². The molecule has 5 aromatic rings. The average molecular weight is 484 g/mol. The Bertz CT molecular complexity index is 1440. The van der Waals surface area contributed by atoms with Crippen LogP contribution < -0.4 is 10.2 Å². The fourth-order valence-electron chi connectivity index (χ4n) is 3.52. The first kappa shape index (κ1) is 22.1. The number of thioether (sulfide) groups is 1. The molecule has 0 saturated carbocycles. The van der Waals surface area contributed by atoms with E-state index in [1.54, 1.807) is 17.6 Å². The first-order chi connectivity index (χ1) is 16.7. The normalized spacial score (nSPS) is 11.3. The van der Waals surface area contributed by atoms with Gasteiger partial charge in [-0.25, -0.2) is 10.4 Å². The van der Waals surface area contributed by atoms with Crippen LogP contribution >= 0.6 is 23.1 Å². The van der Waals surface area contributed by atoms with Gasteiger partial charge >= 0.3 is 0 Å². The van der Waals surface area contributed by atoms with Gasteiger partial charge < -0.3 is 4.74 Å². The summed E-state index contributed by atoms with van der Waals surface area (Å²) in [5, 5.41) is 6.47. The van der Waals surface area contributed by atoms with Crippen molar-refractivity contribution in [2.75, 3.05) is 5.75 Å². The Morgan fingerprint density at radius 1 is 1.00 bits per heavy atom. The molecule has 0 aliphatic heterocycles. The summed E-state index contributed by atoms with van der Waals surface area (Å²) in [7, 11) is 0. The number of rotatable bonds is 8. The number of thiazole rings is 1. The summed E-state index contributed by atoms with van der Waals surface area (Å²) in [5.74, 6) is 0.823. The fraction of sp³-hybridized carbons (Fsp3) is 0.0741. The number of fused-ring (bicyclic) bond motifs is 2. The zero-order valence-electron chi connectivity index (χ0n) is 18.2. The SMILES string of the molecule is O=C(CSc1nc2ccccc2s1)N/N=C\c1cccc(OCc2cccc3ccccc23)c1. The van der Waals surface area contributed by atoms with E-state index >= 15 is 0 Å². The number of nitrogens with one attached hydrogen (secondary N) is 1. The zero-order chi connectivity index (χ0) is 23.2. The molecule has 1 heterocycles. The van der Waals surface area contributed by atoms with E-state index in [0.717, 1.165) is 31.4 Å². The van der Waals surface area contributed by atoms with Gasteiger partial charge in [0.25, 0.3) is 5.91 Å². The topological polar surface area (TPSA) is 63.6 Å². The van der Waals surface area contributed by atoms with Gasteiger partial charge in [-0.1, -0.05) is 78.5 Å². The number of carbonyl (C=O) groups is 1. The number of amides is 1. The minimum Gasteiger partial charge on any atom is -0.489 e. The van der Waals surface area contributed by atoms with Crippen molar-refractivity contribution in [3.8, 4) is 5.75 Å². The molecule has 168 valence electrons. The lowest BCUT2D eigenvalue weighted by Crippen LogP contribution is -2.19. The lowest BCUT2D eigenvalue weighted by molar-refractivity contribution is -0.118. The predicted molar refractivity (Wildman–Crippen MR) is 141 cm³/mol. The summed E-state index contributed by atoms with van der Waals surface area (Å²) in [5.41, 5.74) is 5.51. The smallest absolute Gasteiger partial charge is 0.250 e. The zero-order valence-corrected chi connectivity index (χ0v) is 19.8. The molecule has 0 aliphatic carbocycles. The van der Waals surface area contributed by atoms with Crippen molar-refractivity contribution < 1.29 is 9.53 Å². The van der Waals surface area contributed by atoms with Crippen molar-refractivity contribution in [2.45, 2.75) is 10.9 Å². The molecule has 1 amide bonds. The van der Waals surface area contributed by atoms with E-state index in [1.165, 1.54) is 22.5 Å². The van der Waals surface area contributed by atoms with E-state index in [4.69, 9.17) is 4.74 Å². The van der Waals surface area contributed by atoms with E-state index < -0.39 is 0 Å². The van der Waals surface area contributed by atoms with Crippen LogP contribution in [0.5, 0.6) is 5.75 Å². The largest absolute Gasteiger partial charge is 0.489 e. The molecule has 5 rings (SSSR count). The maximum Gasteiger partial charge on any atom is 0.250 e. The molecule has 1 N–H and O–H groups in total. The van der Waals surface area contributed by atoms with Gasteiger partial charge in [-0.3, -0.25) is 4.79 Å². The highest BCUT2D eigenvalue weighted by Crippen LogP contribution is 2.29. The monoisotopic (exact) mass is 483 g/mol. The highest BCUT2D eigenvalue weighted by molar-refractivity contribution is 8.01. The summed E-state index contributed by atoms with van der Waals surface area (Å²) in [6.07, 6.45) is 1.62. The lowest BCUT2D eigenvalue weighted by Gasteiger charge is -2.09. The number of hydrazone groups is 1. The maximum absolute atomic E-state index is 12.2. The molecule has 0 fully saturated rings. The Hall–Kier alpha value is -3.68. The molecule has 0 aliphatic rings. The highest BCUT2D eigenvalue weighted by Gasteiger charge is 2.07. The van der Waals surface area contributed by atoms with Crippen molar-refractivity contribution in [1.29, 1.82) is 0 Å². The Balaban J connectivity index is 1.14. The third-order valence-corrected chi connectivity index (χ3v) is 7.32. The molecule has 7 heteroatoms. The van der Waals surface area contributed by atoms with Gasteiger partial charge in [0.2, 0.25) is 0 Å². The van der Waals surface area contributed by atoms with E-state index in [1.807, 2.05) is 66.7 Å². The molecule has 5 nitrogen and oxygen atoms in total. The molecule has 4 aromatic carbocycles. The first-order valence-corrected chi connectivity index (χ1v) is 12.5. The number of hydrogen-bond acceptors (Lipinski definition) is 6.